The highest BCUT2D eigenvalue weighted by Gasteiger charge is 2.28. The second kappa shape index (κ2) is 6.65. The molecule has 0 unspecified atom stereocenters. The van der Waals surface area contributed by atoms with Crippen LogP contribution in [-0.4, -0.2) is 41.8 Å². The van der Waals surface area contributed by atoms with Crippen LogP contribution >= 0.6 is 0 Å². The Morgan fingerprint density at radius 1 is 1.52 bits per heavy atom. The lowest BCUT2D eigenvalue weighted by Gasteiger charge is -2.01. The Morgan fingerprint density at radius 2 is 2.29 bits per heavy atom. The molecule has 0 aliphatic carbocycles. The zero-order valence-corrected chi connectivity index (χ0v) is 11.5. The molecule has 0 aliphatic heterocycles. The molecule has 7 heteroatoms. The summed E-state index contributed by atoms with van der Waals surface area (Å²) in [5.41, 5.74) is 2.12. The van der Waals surface area contributed by atoms with Gasteiger partial charge in [0.1, 0.15) is 0 Å². The molecule has 110 valence electrons. The number of para-hydroxylation sites is 1. The quantitative estimate of drug-likeness (QED) is 0.378. The number of nitro groups is 1. The number of methoxy groups -OCH3 is 1. The van der Waals surface area contributed by atoms with Crippen molar-refractivity contribution in [2.75, 3.05) is 13.7 Å². The molecular formula is C14H15N3O4. The van der Waals surface area contributed by atoms with Gasteiger partial charge in [-0.2, -0.15) is 0 Å². The summed E-state index contributed by atoms with van der Waals surface area (Å²) in [6.07, 6.45) is 3.55. The Kier molecular flexibility index (Phi) is 4.65. The lowest BCUT2D eigenvalue weighted by molar-refractivity contribution is -0.490. The number of carbonyl (C=O) groups is 1. The Morgan fingerprint density at radius 3 is 3.00 bits per heavy atom. The van der Waals surface area contributed by atoms with Crippen molar-refractivity contribution in [3.05, 3.63) is 46.1 Å². The van der Waals surface area contributed by atoms with E-state index in [2.05, 4.69) is 14.7 Å². The maximum absolute atomic E-state index is 11.2. The highest BCUT2D eigenvalue weighted by molar-refractivity contribution is 5.92. The number of rotatable bonds is 6. The number of hydrogen-bond donors (Lipinski definition) is 1. The van der Waals surface area contributed by atoms with E-state index in [1.165, 1.54) is 0 Å². The molecule has 1 atom stereocenters. The van der Waals surface area contributed by atoms with Crippen molar-refractivity contribution in [3.8, 4) is 0 Å². The molecule has 1 heterocycles. The molecule has 0 spiro atoms. The molecule has 1 aromatic heterocycles. The summed E-state index contributed by atoms with van der Waals surface area (Å²) in [6, 6.07) is 6.32. The van der Waals surface area contributed by atoms with Crippen molar-refractivity contribution >= 4 is 23.1 Å². The number of ether oxygens (including phenoxy) is 1. The molecule has 2 rings (SSSR count). The largest absolute Gasteiger partial charge is 0.464 e. The third-order valence-corrected chi connectivity index (χ3v) is 3.10. The summed E-state index contributed by atoms with van der Waals surface area (Å²) < 4.78 is 4.36. The summed E-state index contributed by atoms with van der Waals surface area (Å²) in [7, 11) is 1.11. The SMILES string of the molecule is COC(=O)[C@H](C=NCCc1c[nH]c2ccccc12)[N+](=O)[O-]. The number of carbonyl (C=O) groups excluding carboxylic acids is 1. The lowest BCUT2D eigenvalue weighted by Crippen LogP contribution is -2.32. The van der Waals surface area contributed by atoms with Gasteiger partial charge in [-0.25, -0.2) is 4.79 Å². The van der Waals surface area contributed by atoms with Gasteiger partial charge >= 0.3 is 12.0 Å². The third-order valence-electron chi connectivity index (χ3n) is 3.10. The molecule has 0 saturated carbocycles. The van der Waals surface area contributed by atoms with Gasteiger partial charge in [-0.05, 0) is 18.1 Å². The lowest BCUT2D eigenvalue weighted by atomic mass is 10.1. The van der Waals surface area contributed by atoms with Crippen LogP contribution in [0.25, 0.3) is 10.9 Å². The molecular weight excluding hydrogens is 274 g/mol. The number of nitrogens with one attached hydrogen (secondary N) is 1. The van der Waals surface area contributed by atoms with Crippen LogP contribution in [0.15, 0.2) is 35.5 Å². The van der Waals surface area contributed by atoms with Crippen LogP contribution in [0.4, 0.5) is 0 Å². The van der Waals surface area contributed by atoms with Crippen LogP contribution < -0.4 is 0 Å². The number of nitrogens with zero attached hydrogens (tertiary/aromatic N) is 2. The maximum atomic E-state index is 11.2. The number of H-pyrrole nitrogens is 1. The number of hydrogen-bond acceptors (Lipinski definition) is 5. The van der Waals surface area contributed by atoms with E-state index >= 15 is 0 Å². The van der Waals surface area contributed by atoms with E-state index in [4.69, 9.17) is 0 Å². The standard InChI is InChI=1S/C14H15N3O4/c1-21-14(18)13(17(19)20)9-15-7-6-10-8-16-12-5-3-2-4-11(10)12/h2-5,8-9,13,16H,6-7H2,1H3/t13-/m0/s1. The zero-order chi connectivity index (χ0) is 15.2. The summed E-state index contributed by atoms with van der Waals surface area (Å²) in [5.74, 6) is -0.921. The fourth-order valence-electron chi connectivity index (χ4n) is 2.02. The van der Waals surface area contributed by atoms with Crippen LogP contribution in [0.1, 0.15) is 5.56 Å². The normalized spacial score (nSPS) is 12.6. The van der Waals surface area contributed by atoms with Gasteiger partial charge in [0.25, 0.3) is 0 Å². The number of aliphatic imine (C=N–C) groups is 1. The Hall–Kier alpha value is -2.70. The predicted molar refractivity (Wildman–Crippen MR) is 78.2 cm³/mol. The van der Waals surface area contributed by atoms with Gasteiger partial charge in [0.15, 0.2) is 0 Å². The van der Waals surface area contributed by atoms with Crippen LogP contribution in [-0.2, 0) is 16.0 Å². The van der Waals surface area contributed by atoms with Crippen molar-refractivity contribution in [3.63, 3.8) is 0 Å². The van der Waals surface area contributed by atoms with Crippen molar-refractivity contribution < 1.29 is 14.5 Å². The van der Waals surface area contributed by atoms with Crippen LogP contribution in [0.2, 0.25) is 0 Å². The fraction of sp³-hybridized carbons (Fsp3) is 0.286. The average Bonchev–Trinajstić information content (AvgIpc) is 2.89. The van der Waals surface area contributed by atoms with E-state index in [-0.39, 0.29) is 0 Å². The van der Waals surface area contributed by atoms with Gasteiger partial charge in [0.05, 0.1) is 13.3 Å². The molecule has 21 heavy (non-hydrogen) atoms. The highest BCUT2D eigenvalue weighted by Crippen LogP contribution is 2.17. The number of esters is 1. The van der Waals surface area contributed by atoms with Gasteiger partial charge in [0.2, 0.25) is 0 Å². The number of fused-ring (bicyclic) bond motifs is 1. The molecule has 0 radical (unpaired) electrons. The van der Waals surface area contributed by atoms with Crippen LogP contribution in [0.3, 0.4) is 0 Å². The summed E-state index contributed by atoms with van der Waals surface area (Å²) in [6.45, 7) is 0.364. The molecule has 1 aromatic carbocycles. The number of benzene rings is 1. The third kappa shape index (κ3) is 3.44. The van der Waals surface area contributed by atoms with Gasteiger partial charge in [0, 0.05) is 28.6 Å². The second-order valence-corrected chi connectivity index (χ2v) is 4.42. The Balaban J connectivity index is 1.98. The van der Waals surface area contributed by atoms with Crippen molar-refractivity contribution in [1.82, 2.24) is 4.98 Å². The minimum atomic E-state index is -1.54. The average molecular weight is 289 g/mol. The summed E-state index contributed by atoms with van der Waals surface area (Å²) in [4.78, 5) is 28.3. The van der Waals surface area contributed by atoms with E-state index in [1.54, 1.807) is 0 Å². The topological polar surface area (TPSA) is 97.6 Å². The molecule has 1 N–H and O–H groups in total. The van der Waals surface area contributed by atoms with Gasteiger partial charge in [-0.1, -0.05) is 18.2 Å². The molecule has 0 amide bonds. The van der Waals surface area contributed by atoms with Gasteiger partial charge in [-0.15, -0.1) is 0 Å². The fourth-order valence-corrected chi connectivity index (χ4v) is 2.02. The van der Waals surface area contributed by atoms with Crippen molar-refractivity contribution in [2.45, 2.75) is 12.5 Å². The van der Waals surface area contributed by atoms with Crippen LogP contribution in [0, 0.1) is 10.1 Å². The Labute approximate surface area is 120 Å². The van der Waals surface area contributed by atoms with Crippen LogP contribution in [0.5, 0.6) is 0 Å². The number of aromatic nitrogens is 1. The first kappa shape index (κ1) is 14.7. The Bertz CT molecular complexity index is 678. The molecule has 0 bridgehead atoms. The minimum Gasteiger partial charge on any atom is -0.464 e. The zero-order valence-electron chi connectivity index (χ0n) is 11.5. The van der Waals surface area contributed by atoms with E-state index < -0.39 is 16.9 Å². The summed E-state index contributed by atoms with van der Waals surface area (Å²) >= 11 is 0. The molecule has 0 aliphatic rings. The number of aromatic amines is 1. The second-order valence-electron chi connectivity index (χ2n) is 4.42. The highest BCUT2D eigenvalue weighted by atomic mass is 16.6. The molecule has 2 aromatic rings. The predicted octanol–water partition coefficient (Wildman–Crippen LogP) is 1.60. The summed E-state index contributed by atoms with van der Waals surface area (Å²) in [5, 5.41) is 11.8. The molecule has 0 fully saturated rings. The monoisotopic (exact) mass is 289 g/mol. The smallest absolute Gasteiger partial charge is 0.387 e. The van der Waals surface area contributed by atoms with E-state index in [1.807, 2.05) is 30.5 Å². The van der Waals surface area contributed by atoms with E-state index in [0.29, 0.717) is 13.0 Å². The minimum absolute atomic E-state index is 0.364. The van der Waals surface area contributed by atoms with Gasteiger partial charge in [-0.3, -0.25) is 15.1 Å². The van der Waals surface area contributed by atoms with E-state index in [0.717, 1.165) is 29.8 Å². The first-order valence-corrected chi connectivity index (χ1v) is 6.39. The van der Waals surface area contributed by atoms with Crippen molar-refractivity contribution in [2.24, 2.45) is 4.99 Å². The first-order chi connectivity index (χ1) is 10.1. The van der Waals surface area contributed by atoms with Crippen molar-refractivity contribution in [1.29, 1.82) is 0 Å². The van der Waals surface area contributed by atoms with Gasteiger partial charge < -0.3 is 9.72 Å². The van der Waals surface area contributed by atoms with E-state index in [9.17, 15) is 14.9 Å². The molecule has 0 saturated heterocycles. The molecule has 7 nitrogen and oxygen atoms in total. The maximum Gasteiger partial charge on any atom is 0.387 e. The first-order valence-electron chi connectivity index (χ1n) is 6.39.